The number of pyridine rings is 1. The van der Waals surface area contributed by atoms with Crippen LogP contribution in [0.2, 0.25) is 0 Å². The number of ether oxygens (including phenoxy) is 2. The molecule has 1 fully saturated rings. The van der Waals surface area contributed by atoms with Crippen LogP contribution in [0.3, 0.4) is 0 Å². The highest BCUT2D eigenvalue weighted by Crippen LogP contribution is 2.37. The lowest BCUT2D eigenvalue weighted by Gasteiger charge is -2.35. The molecule has 1 saturated heterocycles. The molecule has 1 aliphatic rings. The van der Waals surface area contributed by atoms with Crippen molar-refractivity contribution in [2.45, 2.75) is 6.04 Å². The number of rotatable bonds is 4. The standard InChI is InChI=1S/C17H20N4O3/c1-23-13-5-14-16(15(6-13)24-2)20-8-11(7-18)17(14)21-4-3-19-12(9-21)10-22/h5-6,8,12,19,22H,3-4,9-10H2,1-2H3. The first-order chi connectivity index (χ1) is 11.7. The molecular weight excluding hydrogens is 308 g/mol. The van der Waals surface area contributed by atoms with Gasteiger partial charge >= 0.3 is 0 Å². The molecule has 24 heavy (non-hydrogen) atoms. The number of hydrogen-bond donors (Lipinski definition) is 2. The Hall–Kier alpha value is -2.56. The van der Waals surface area contributed by atoms with E-state index in [2.05, 4.69) is 21.3 Å². The lowest BCUT2D eigenvalue weighted by atomic mass is 10.1. The van der Waals surface area contributed by atoms with Gasteiger partial charge in [-0.05, 0) is 6.07 Å². The van der Waals surface area contributed by atoms with Crippen LogP contribution in [-0.2, 0) is 0 Å². The van der Waals surface area contributed by atoms with Gasteiger partial charge in [-0.2, -0.15) is 5.26 Å². The van der Waals surface area contributed by atoms with Gasteiger partial charge in [0.25, 0.3) is 0 Å². The van der Waals surface area contributed by atoms with Gasteiger partial charge in [-0.1, -0.05) is 0 Å². The third-order valence-corrected chi connectivity index (χ3v) is 4.25. The third kappa shape index (κ3) is 2.82. The number of hydrogen-bond acceptors (Lipinski definition) is 7. The normalized spacial score (nSPS) is 17.6. The summed E-state index contributed by atoms with van der Waals surface area (Å²) >= 11 is 0. The molecule has 2 N–H and O–H groups in total. The molecule has 0 radical (unpaired) electrons. The number of aromatic nitrogens is 1. The van der Waals surface area contributed by atoms with Crippen molar-refractivity contribution in [1.29, 1.82) is 5.26 Å². The molecule has 2 aromatic rings. The molecule has 126 valence electrons. The summed E-state index contributed by atoms with van der Waals surface area (Å²) in [5.74, 6) is 1.25. The van der Waals surface area contributed by atoms with Gasteiger partial charge < -0.3 is 24.8 Å². The molecule has 1 atom stereocenters. The van der Waals surface area contributed by atoms with Crippen LogP contribution < -0.4 is 19.7 Å². The van der Waals surface area contributed by atoms with E-state index < -0.39 is 0 Å². The summed E-state index contributed by atoms with van der Waals surface area (Å²) in [7, 11) is 3.18. The molecular formula is C17H20N4O3. The molecule has 1 aromatic heterocycles. The molecule has 0 bridgehead atoms. The summed E-state index contributed by atoms with van der Waals surface area (Å²) in [6, 6.07) is 5.85. The van der Waals surface area contributed by atoms with E-state index in [1.807, 2.05) is 6.07 Å². The number of benzene rings is 1. The maximum absolute atomic E-state index is 9.54. The molecule has 1 aliphatic heterocycles. The van der Waals surface area contributed by atoms with Crippen LogP contribution in [0.4, 0.5) is 5.69 Å². The van der Waals surface area contributed by atoms with Crippen LogP contribution in [0.5, 0.6) is 11.5 Å². The van der Waals surface area contributed by atoms with Gasteiger partial charge in [0, 0.05) is 43.3 Å². The zero-order valence-corrected chi connectivity index (χ0v) is 13.7. The number of nitriles is 1. The average molecular weight is 328 g/mol. The van der Waals surface area contributed by atoms with E-state index in [1.165, 1.54) is 0 Å². The number of fused-ring (bicyclic) bond motifs is 1. The van der Waals surface area contributed by atoms with E-state index in [9.17, 15) is 10.4 Å². The molecule has 7 nitrogen and oxygen atoms in total. The van der Waals surface area contributed by atoms with Crippen molar-refractivity contribution in [3.05, 3.63) is 23.9 Å². The molecule has 0 spiro atoms. The van der Waals surface area contributed by atoms with Crippen molar-refractivity contribution >= 4 is 16.6 Å². The van der Waals surface area contributed by atoms with Crippen molar-refractivity contribution in [3.63, 3.8) is 0 Å². The van der Waals surface area contributed by atoms with Crippen LogP contribution in [0.25, 0.3) is 10.9 Å². The molecule has 7 heteroatoms. The molecule has 0 amide bonds. The summed E-state index contributed by atoms with van der Waals surface area (Å²) in [6.07, 6.45) is 1.57. The number of aliphatic hydroxyl groups is 1. The fourth-order valence-electron chi connectivity index (χ4n) is 3.08. The van der Waals surface area contributed by atoms with Crippen LogP contribution >= 0.6 is 0 Å². The Morgan fingerprint density at radius 1 is 1.42 bits per heavy atom. The first kappa shape index (κ1) is 16.3. The van der Waals surface area contributed by atoms with Crippen molar-refractivity contribution in [1.82, 2.24) is 10.3 Å². The van der Waals surface area contributed by atoms with Gasteiger partial charge in [0.05, 0.1) is 32.1 Å². The highest BCUT2D eigenvalue weighted by molar-refractivity contribution is 5.98. The highest BCUT2D eigenvalue weighted by Gasteiger charge is 2.24. The Kier molecular flexibility index (Phi) is 4.69. The summed E-state index contributed by atoms with van der Waals surface area (Å²) in [4.78, 5) is 6.51. The van der Waals surface area contributed by atoms with Gasteiger partial charge in [0.1, 0.15) is 23.1 Å². The zero-order chi connectivity index (χ0) is 17.1. The first-order valence-electron chi connectivity index (χ1n) is 7.75. The molecule has 3 rings (SSSR count). The van der Waals surface area contributed by atoms with E-state index in [0.717, 1.165) is 24.2 Å². The predicted octanol–water partition coefficient (Wildman–Crippen LogP) is 0.894. The summed E-state index contributed by atoms with van der Waals surface area (Å²) < 4.78 is 10.8. The SMILES string of the molecule is COc1cc(OC)c2ncc(C#N)c(N3CCNC(CO)C3)c2c1. The lowest BCUT2D eigenvalue weighted by molar-refractivity contribution is 0.236. The van der Waals surface area contributed by atoms with Gasteiger partial charge in [-0.3, -0.25) is 4.98 Å². The second-order valence-corrected chi connectivity index (χ2v) is 5.64. The van der Waals surface area contributed by atoms with Crippen molar-refractivity contribution in [2.75, 3.05) is 45.4 Å². The minimum absolute atomic E-state index is 0.0268. The summed E-state index contributed by atoms with van der Waals surface area (Å²) in [5, 5.41) is 23.1. The van der Waals surface area contributed by atoms with E-state index in [0.29, 0.717) is 29.1 Å². The third-order valence-electron chi connectivity index (χ3n) is 4.25. The predicted molar refractivity (Wildman–Crippen MR) is 90.7 cm³/mol. The van der Waals surface area contributed by atoms with E-state index in [4.69, 9.17) is 9.47 Å². The molecule has 0 saturated carbocycles. The number of nitrogens with one attached hydrogen (secondary N) is 1. The fourth-order valence-corrected chi connectivity index (χ4v) is 3.08. The van der Waals surface area contributed by atoms with Crippen molar-refractivity contribution in [2.24, 2.45) is 0 Å². The second-order valence-electron chi connectivity index (χ2n) is 5.64. The van der Waals surface area contributed by atoms with Crippen LogP contribution in [0, 0.1) is 11.3 Å². The quantitative estimate of drug-likeness (QED) is 0.861. The Morgan fingerprint density at radius 3 is 2.92 bits per heavy atom. The monoisotopic (exact) mass is 328 g/mol. The first-order valence-corrected chi connectivity index (χ1v) is 7.75. The fraction of sp³-hybridized carbons (Fsp3) is 0.412. The highest BCUT2D eigenvalue weighted by atomic mass is 16.5. The van der Waals surface area contributed by atoms with Gasteiger partial charge in [-0.25, -0.2) is 0 Å². The number of piperazine rings is 1. The maximum atomic E-state index is 9.54. The van der Waals surface area contributed by atoms with Gasteiger partial charge in [0.15, 0.2) is 0 Å². The van der Waals surface area contributed by atoms with E-state index in [1.54, 1.807) is 26.5 Å². The number of aliphatic hydroxyl groups excluding tert-OH is 1. The Balaban J connectivity index is 2.22. The van der Waals surface area contributed by atoms with Gasteiger partial charge in [-0.15, -0.1) is 0 Å². The molecule has 1 unspecified atom stereocenters. The van der Waals surface area contributed by atoms with E-state index >= 15 is 0 Å². The van der Waals surface area contributed by atoms with E-state index in [-0.39, 0.29) is 12.6 Å². The Morgan fingerprint density at radius 2 is 2.25 bits per heavy atom. The summed E-state index contributed by atoms with van der Waals surface area (Å²) in [6.45, 7) is 2.14. The molecule has 0 aliphatic carbocycles. The summed E-state index contributed by atoms with van der Waals surface area (Å²) in [5.41, 5.74) is 1.99. The minimum Gasteiger partial charge on any atom is -0.497 e. The largest absolute Gasteiger partial charge is 0.497 e. The number of anilines is 1. The zero-order valence-electron chi connectivity index (χ0n) is 13.7. The van der Waals surface area contributed by atoms with Crippen molar-refractivity contribution < 1.29 is 14.6 Å². The average Bonchev–Trinajstić information content (AvgIpc) is 2.65. The topological polar surface area (TPSA) is 90.6 Å². The Labute approximate surface area is 140 Å². The molecule has 1 aromatic carbocycles. The van der Waals surface area contributed by atoms with Crippen LogP contribution in [0.15, 0.2) is 18.3 Å². The maximum Gasteiger partial charge on any atom is 0.148 e. The number of nitrogens with zero attached hydrogens (tertiary/aromatic N) is 3. The smallest absolute Gasteiger partial charge is 0.148 e. The number of methoxy groups -OCH3 is 2. The lowest BCUT2D eigenvalue weighted by Crippen LogP contribution is -2.52. The minimum atomic E-state index is -0.0268. The van der Waals surface area contributed by atoms with Crippen LogP contribution in [-0.4, -0.2) is 56.6 Å². The van der Waals surface area contributed by atoms with Crippen LogP contribution in [0.1, 0.15) is 5.56 Å². The molecule has 2 heterocycles. The second kappa shape index (κ2) is 6.91. The van der Waals surface area contributed by atoms with Gasteiger partial charge in [0.2, 0.25) is 0 Å². The Bertz CT molecular complexity index is 787. The van der Waals surface area contributed by atoms with Crippen molar-refractivity contribution in [3.8, 4) is 17.6 Å².